The van der Waals surface area contributed by atoms with Crippen LogP contribution in [0.5, 0.6) is 11.5 Å². The lowest BCUT2D eigenvalue weighted by Crippen LogP contribution is -2.27. The van der Waals surface area contributed by atoms with E-state index in [1.54, 1.807) is 41.1 Å². The molecule has 5 rings (SSSR count). The summed E-state index contributed by atoms with van der Waals surface area (Å²) in [6.07, 6.45) is 2.82. The molecule has 0 saturated carbocycles. The number of nitrogens with zero attached hydrogens (tertiary/aromatic N) is 4. The Hall–Kier alpha value is -4.43. The van der Waals surface area contributed by atoms with E-state index >= 15 is 0 Å². The molecule has 0 fully saturated rings. The van der Waals surface area contributed by atoms with Crippen LogP contribution in [0.15, 0.2) is 96.2 Å². The molecule has 0 unspecified atom stereocenters. The summed E-state index contributed by atoms with van der Waals surface area (Å²) in [4.78, 5) is 29.8. The van der Waals surface area contributed by atoms with Crippen LogP contribution in [0.1, 0.15) is 0 Å². The zero-order chi connectivity index (χ0) is 23.5. The molecule has 8 nitrogen and oxygen atoms in total. The number of benzene rings is 3. The van der Waals surface area contributed by atoms with Crippen molar-refractivity contribution in [1.82, 2.24) is 19.3 Å². The van der Waals surface area contributed by atoms with Gasteiger partial charge in [-0.05, 0) is 48.5 Å². The largest absolute Gasteiger partial charge is 0.456 e. The summed E-state index contributed by atoms with van der Waals surface area (Å²) in [7, 11) is 0. The number of amides is 1. The van der Waals surface area contributed by atoms with Crippen LogP contribution >= 0.6 is 11.6 Å². The SMILES string of the molecule is O=C(Cn1cnc2c(cnn2-c2ccccc2)c1=O)Nc1ccc(Oc2ccccc2Cl)cc1. The highest BCUT2D eigenvalue weighted by Crippen LogP contribution is 2.29. The monoisotopic (exact) mass is 471 g/mol. The van der Waals surface area contributed by atoms with Gasteiger partial charge in [0.25, 0.3) is 5.56 Å². The summed E-state index contributed by atoms with van der Waals surface area (Å²) in [6.45, 7) is -0.184. The maximum absolute atomic E-state index is 12.9. The minimum atomic E-state index is -0.363. The lowest BCUT2D eigenvalue weighted by atomic mass is 10.3. The Morgan fingerprint density at radius 3 is 2.47 bits per heavy atom. The van der Waals surface area contributed by atoms with E-state index in [9.17, 15) is 9.59 Å². The fraction of sp³-hybridized carbons (Fsp3) is 0.0400. The number of fused-ring (bicyclic) bond motifs is 1. The molecular weight excluding hydrogens is 454 g/mol. The van der Waals surface area contributed by atoms with Gasteiger partial charge in [-0.2, -0.15) is 5.10 Å². The second-order valence-electron chi connectivity index (χ2n) is 7.41. The average Bonchev–Trinajstić information content (AvgIpc) is 3.29. The molecule has 0 bridgehead atoms. The van der Waals surface area contributed by atoms with Gasteiger partial charge in [0.1, 0.15) is 29.8 Å². The van der Waals surface area contributed by atoms with Crippen molar-refractivity contribution in [2.75, 3.05) is 5.32 Å². The zero-order valence-corrected chi connectivity index (χ0v) is 18.5. The number of anilines is 1. The fourth-order valence-electron chi connectivity index (χ4n) is 3.44. The number of halogens is 1. The van der Waals surface area contributed by atoms with E-state index in [2.05, 4.69) is 15.4 Å². The normalized spacial score (nSPS) is 10.9. The lowest BCUT2D eigenvalue weighted by molar-refractivity contribution is -0.116. The van der Waals surface area contributed by atoms with Gasteiger partial charge in [0.15, 0.2) is 5.65 Å². The van der Waals surface area contributed by atoms with Gasteiger partial charge >= 0.3 is 0 Å². The quantitative estimate of drug-likeness (QED) is 0.388. The van der Waals surface area contributed by atoms with Gasteiger partial charge in [0.2, 0.25) is 5.91 Å². The van der Waals surface area contributed by atoms with Gasteiger partial charge < -0.3 is 10.1 Å². The van der Waals surface area contributed by atoms with Crippen LogP contribution in [0.3, 0.4) is 0 Å². The third kappa shape index (κ3) is 4.39. The molecule has 2 heterocycles. The number of nitrogens with one attached hydrogen (secondary N) is 1. The first-order valence-electron chi connectivity index (χ1n) is 10.4. The molecule has 1 amide bonds. The molecule has 3 aromatic carbocycles. The van der Waals surface area contributed by atoms with Crippen molar-refractivity contribution in [2.24, 2.45) is 0 Å². The van der Waals surface area contributed by atoms with Gasteiger partial charge in [-0.3, -0.25) is 14.2 Å². The Balaban J connectivity index is 1.28. The number of aromatic nitrogens is 4. The Bertz CT molecular complexity index is 1530. The van der Waals surface area contributed by atoms with Gasteiger partial charge in [0.05, 0.1) is 16.9 Å². The van der Waals surface area contributed by atoms with Gasteiger partial charge in [-0.15, -0.1) is 0 Å². The number of carbonyl (C=O) groups is 1. The second-order valence-corrected chi connectivity index (χ2v) is 7.82. The maximum atomic E-state index is 12.9. The molecule has 5 aromatic rings. The minimum Gasteiger partial charge on any atom is -0.456 e. The predicted molar refractivity (Wildman–Crippen MR) is 130 cm³/mol. The van der Waals surface area contributed by atoms with Crippen LogP contribution in [0.25, 0.3) is 16.7 Å². The van der Waals surface area contributed by atoms with Crippen molar-refractivity contribution in [3.05, 3.63) is 107 Å². The third-order valence-electron chi connectivity index (χ3n) is 5.07. The number of hydrogen-bond donors (Lipinski definition) is 1. The Morgan fingerprint density at radius 2 is 1.71 bits per heavy atom. The van der Waals surface area contributed by atoms with Crippen molar-refractivity contribution in [3.8, 4) is 17.2 Å². The molecular formula is C25H18ClN5O3. The fourth-order valence-corrected chi connectivity index (χ4v) is 3.61. The number of carbonyl (C=O) groups excluding carboxylic acids is 1. The van der Waals surface area contributed by atoms with Crippen molar-refractivity contribution in [2.45, 2.75) is 6.54 Å². The molecule has 9 heteroatoms. The minimum absolute atomic E-state index is 0.184. The maximum Gasteiger partial charge on any atom is 0.264 e. The van der Waals surface area contributed by atoms with Gasteiger partial charge in [-0.25, -0.2) is 9.67 Å². The molecule has 0 aliphatic heterocycles. The smallest absolute Gasteiger partial charge is 0.264 e. The molecule has 0 aliphatic carbocycles. The van der Waals surface area contributed by atoms with E-state index in [4.69, 9.17) is 16.3 Å². The molecule has 0 aliphatic rings. The molecule has 0 radical (unpaired) electrons. The van der Waals surface area contributed by atoms with Crippen molar-refractivity contribution >= 4 is 34.2 Å². The van der Waals surface area contributed by atoms with E-state index in [0.29, 0.717) is 33.2 Å². The summed E-state index contributed by atoms with van der Waals surface area (Å²) in [5.74, 6) is 0.754. The van der Waals surface area contributed by atoms with Crippen LogP contribution in [0.4, 0.5) is 5.69 Å². The van der Waals surface area contributed by atoms with Crippen molar-refractivity contribution < 1.29 is 9.53 Å². The van der Waals surface area contributed by atoms with Crippen LogP contribution in [0, 0.1) is 0 Å². The molecule has 0 atom stereocenters. The molecule has 168 valence electrons. The first-order valence-corrected chi connectivity index (χ1v) is 10.8. The number of para-hydroxylation sites is 2. The first-order chi connectivity index (χ1) is 16.6. The molecule has 0 spiro atoms. The van der Waals surface area contributed by atoms with Crippen molar-refractivity contribution in [1.29, 1.82) is 0 Å². The predicted octanol–water partition coefficient (Wildman–Crippen LogP) is 4.67. The molecule has 0 saturated heterocycles. The molecule has 34 heavy (non-hydrogen) atoms. The van der Waals surface area contributed by atoms with E-state index in [-0.39, 0.29) is 18.0 Å². The van der Waals surface area contributed by atoms with E-state index in [1.165, 1.54) is 17.1 Å². The highest BCUT2D eigenvalue weighted by atomic mass is 35.5. The zero-order valence-electron chi connectivity index (χ0n) is 17.8. The summed E-state index contributed by atoms with van der Waals surface area (Å²) < 4.78 is 8.59. The summed E-state index contributed by atoms with van der Waals surface area (Å²) in [6, 6.07) is 23.4. The summed E-state index contributed by atoms with van der Waals surface area (Å²) in [5, 5.41) is 7.89. The Kier molecular flexibility index (Phi) is 5.80. The van der Waals surface area contributed by atoms with E-state index < -0.39 is 0 Å². The van der Waals surface area contributed by atoms with E-state index in [0.717, 1.165) is 5.69 Å². The van der Waals surface area contributed by atoms with Gasteiger partial charge in [0, 0.05) is 5.69 Å². The Morgan fingerprint density at radius 1 is 0.971 bits per heavy atom. The number of hydrogen-bond acceptors (Lipinski definition) is 5. The molecule has 1 N–H and O–H groups in total. The highest BCUT2D eigenvalue weighted by molar-refractivity contribution is 6.32. The van der Waals surface area contributed by atoms with Gasteiger partial charge in [-0.1, -0.05) is 41.9 Å². The van der Waals surface area contributed by atoms with E-state index in [1.807, 2.05) is 42.5 Å². The third-order valence-corrected chi connectivity index (χ3v) is 5.38. The average molecular weight is 472 g/mol. The highest BCUT2D eigenvalue weighted by Gasteiger charge is 2.13. The lowest BCUT2D eigenvalue weighted by Gasteiger charge is -2.10. The first kappa shape index (κ1) is 21.4. The number of rotatable bonds is 6. The van der Waals surface area contributed by atoms with Crippen molar-refractivity contribution in [3.63, 3.8) is 0 Å². The molecule has 2 aromatic heterocycles. The summed E-state index contributed by atoms with van der Waals surface area (Å²) in [5.41, 5.74) is 1.45. The Labute approximate surface area is 199 Å². The van der Waals surface area contributed by atoms with Crippen LogP contribution in [0.2, 0.25) is 5.02 Å². The standard InChI is InChI=1S/C25H18ClN5O3/c26-21-8-4-5-9-22(21)34-19-12-10-17(11-13-19)29-23(32)15-30-16-27-24-20(25(30)33)14-28-31(24)18-6-2-1-3-7-18/h1-14,16H,15H2,(H,29,32). The van der Waals surface area contributed by atoms with Crippen LogP contribution in [-0.2, 0) is 11.3 Å². The summed E-state index contributed by atoms with van der Waals surface area (Å²) >= 11 is 6.11. The second kappa shape index (κ2) is 9.21. The number of ether oxygens (including phenoxy) is 1. The topological polar surface area (TPSA) is 91.0 Å². The van der Waals surface area contributed by atoms with Crippen LogP contribution in [-0.4, -0.2) is 25.2 Å². The van der Waals surface area contributed by atoms with Crippen LogP contribution < -0.4 is 15.6 Å².